The van der Waals surface area contributed by atoms with Crippen molar-refractivity contribution in [1.29, 1.82) is 0 Å². The lowest BCUT2D eigenvalue weighted by molar-refractivity contribution is 0.0211. The maximum absolute atomic E-state index is 14.7. The summed E-state index contributed by atoms with van der Waals surface area (Å²) in [6.45, 7) is 5.55. The molecule has 0 radical (unpaired) electrons. The maximum Gasteiger partial charge on any atom is 0.318 e. The smallest absolute Gasteiger partial charge is 0.318 e. The average Bonchev–Trinajstić information content (AvgIpc) is 4.10. The van der Waals surface area contributed by atoms with Crippen molar-refractivity contribution < 1.29 is 44.3 Å². The van der Waals surface area contributed by atoms with Gasteiger partial charge in [0.1, 0.15) is 17.4 Å². The highest BCUT2D eigenvalue weighted by Gasteiger charge is 2.24. The van der Waals surface area contributed by atoms with Crippen LogP contribution < -0.4 is 20.9 Å². The number of nitrogens with zero attached hydrogens (tertiary/aromatic N) is 5. The van der Waals surface area contributed by atoms with Crippen LogP contribution >= 0.6 is 0 Å². The van der Waals surface area contributed by atoms with Gasteiger partial charge < -0.3 is 38.8 Å². The molecule has 1 atom stereocenters. The Labute approximate surface area is 358 Å². The molecule has 3 N–H and O–H groups in total. The molecule has 1 saturated heterocycles. The van der Waals surface area contributed by atoms with E-state index in [0.29, 0.717) is 32.4 Å². The van der Waals surface area contributed by atoms with E-state index in [1.165, 1.54) is 36.4 Å². The molecular weight excluding hydrogens is 831 g/mol. The Hall–Kier alpha value is -6.82. The number of nitrogens with one attached hydrogen (secondary N) is 3. The summed E-state index contributed by atoms with van der Waals surface area (Å²) >= 11 is 0. The topological polar surface area (TPSA) is 140 Å². The highest BCUT2D eigenvalue weighted by Crippen LogP contribution is 2.37. The van der Waals surface area contributed by atoms with E-state index in [1.807, 2.05) is 19.9 Å². The van der Waals surface area contributed by atoms with E-state index < -0.39 is 34.9 Å². The Morgan fingerprint density at radius 2 is 1.29 bits per heavy atom. The summed E-state index contributed by atoms with van der Waals surface area (Å²) in [6, 6.07) is 17.6. The summed E-state index contributed by atoms with van der Waals surface area (Å²) in [5.74, 6) is -4.93. The van der Waals surface area contributed by atoms with Gasteiger partial charge >= 0.3 is 12.0 Å². The first-order valence-electron chi connectivity index (χ1n) is 20.3. The fraction of sp³-hybridized carbons (Fsp3) is 0.289. The van der Waals surface area contributed by atoms with Crippen molar-refractivity contribution in [3.63, 3.8) is 0 Å². The molecule has 18 heteroatoms. The van der Waals surface area contributed by atoms with E-state index in [9.17, 15) is 26.3 Å². The predicted molar refractivity (Wildman–Crippen MR) is 225 cm³/mol. The van der Waals surface area contributed by atoms with Crippen molar-refractivity contribution >= 4 is 34.8 Å². The summed E-state index contributed by atoms with van der Waals surface area (Å²) in [7, 11) is 1.80. The monoisotopic (exact) mass is 874 g/mol. The normalized spacial score (nSPS) is 13.6. The number of ether oxygens (including phenoxy) is 1. The van der Waals surface area contributed by atoms with Gasteiger partial charge in [-0.15, -0.1) is 10.2 Å². The summed E-state index contributed by atoms with van der Waals surface area (Å²) in [6.07, 6.45) is 6.65. The lowest BCUT2D eigenvalue weighted by Gasteiger charge is -2.26. The molecule has 4 aromatic carbocycles. The van der Waals surface area contributed by atoms with Gasteiger partial charge in [0.25, 0.3) is 11.8 Å². The SMILES string of the molecule is CCc1ccc(Nc2c(-c3nnc(N(C)CC4CCCCO4)o3)ccc(F)c2F)c(F)c1.CCc1ccc(Nc2c(-c3nnc(NCCc4ccco4)o3)ccc(F)c2F)c(F)c1. The van der Waals surface area contributed by atoms with Crippen LogP contribution in [0.4, 0.5) is 61.1 Å². The van der Waals surface area contributed by atoms with Crippen molar-refractivity contribution in [2.24, 2.45) is 0 Å². The van der Waals surface area contributed by atoms with E-state index in [0.717, 1.165) is 54.9 Å². The van der Waals surface area contributed by atoms with Gasteiger partial charge in [0.15, 0.2) is 23.3 Å². The average molecular weight is 875 g/mol. The Bertz CT molecular complexity index is 2620. The quantitative estimate of drug-likeness (QED) is 0.0845. The minimum absolute atomic E-state index is 0.000684. The lowest BCUT2D eigenvalue weighted by Crippen LogP contribution is -2.33. The van der Waals surface area contributed by atoms with Gasteiger partial charge in [-0.05, 0) is 104 Å². The third-order valence-electron chi connectivity index (χ3n) is 10.2. The number of benzene rings is 4. The van der Waals surface area contributed by atoms with Crippen LogP contribution in [-0.4, -0.2) is 53.2 Å². The standard InChI is InChI=1S/C23H25F3N4O2.C22H19F3N4O2/c1-3-14-7-10-19(18(25)12-14)27-21-16(8-9-17(24)20(21)26)22-28-29-23(32-22)30(2)13-15-6-4-5-11-31-15;1-2-13-5-8-18(17(24)12-13)27-20-15(6-7-16(23)19(20)25)21-28-29-22(31-21)26-10-9-14-4-3-11-30-14/h7-10,12,15,27H,3-6,11,13H2,1-2H3;3-8,11-12,27H,2,9-10H2,1H3,(H,26,29). The van der Waals surface area contributed by atoms with Crippen LogP contribution in [0.15, 0.2) is 92.3 Å². The van der Waals surface area contributed by atoms with Gasteiger partial charge in [-0.1, -0.05) is 36.2 Å². The summed E-state index contributed by atoms with van der Waals surface area (Å²) < 4.78 is 108. The van der Waals surface area contributed by atoms with Crippen molar-refractivity contribution in [3.8, 4) is 22.9 Å². The van der Waals surface area contributed by atoms with Crippen LogP contribution in [0.1, 0.15) is 50.0 Å². The zero-order chi connectivity index (χ0) is 44.5. The molecule has 330 valence electrons. The van der Waals surface area contributed by atoms with E-state index in [2.05, 4.69) is 36.3 Å². The van der Waals surface area contributed by atoms with E-state index in [-0.39, 0.29) is 63.8 Å². The summed E-state index contributed by atoms with van der Waals surface area (Å²) in [4.78, 5) is 1.77. The molecule has 4 heterocycles. The molecule has 63 heavy (non-hydrogen) atoms. The first-order chi connectivity index (χ1) is 30.5. The van der Waals surface area contributed by atoms with Crippen molar-refractivity contribution in [2.45, 2.75) is 58.5 Å². The molecule has 3 aromatic heterocycles. The summed E-state index contributed by atoms with van der Waals surface area (Å²) in [5, 5.41) is 24.0. The fourth-order valence-corrected chi connectivity index (χ4v) is 6.70. The van der Waals surface area contributed by atoms with E-state index >= 15 is 0 Å². The van der Waals surface area contributed by atoms with Crippen LogP contribution in [0.2, 0.25) is 0 Å². The Morgan fingerprint density at radius 3 is 1.83 bits per heavy atom. The highest BCUT2D eigenvalue weighted by atomic mass is 19.2. The molecule has 12 nitrogen and oxygen atoms in total. The number of likely N-dealkylation sites (N-methyl/N-ethyl adjacent to an activating group) is 1. The molecular formula is C45H44F6N8O4. The number of aryl methyl sites for hydroxylation is 2. The molecule has 0 spiro atoms. The number of furan rings is 1. The minimum atomic E-state index is -1.18. The van der Waals surface area contributed by atoms with Crippen molar-refractivity contribution in [1.82, 2.24) is 20.4 Å². The second-order valence-electron chi connectivity index (χ2n) is 14.6. The molecule has 0 amide bonds. The zero-order valence-electron chi connectivity index (χ0n) is 34.6. The number of anilines is 6. The van der Waals surface area contributed by atoms with Crippen LogP contribution in [-0.2, 0) is 24.0 Å². The van der Waals surface area contributed by atoms with E-state index in [1.54, 1.807) is 36.4 Å². The second kappa shape index (κ2) is 20.4. The van der Waals surface area contributed by atoms with Gasteiger partial charge in [-0.2, -0.15) is 0 Å². The van der Waals surface area contributed by atoms with Crippen molar-refractivity contribution in [3.05, 3.63) is 131 Å². The Kier molecular flexibility index (Phi) is 14.3. The van der Waals surface area contributed by atoms with Crippen LogP contribution in [0.5, 0.6) is 0 Å². The third kappa shape index (κ3) is 10.8. The minimum Gasteiger partial charge on any atom is -0.469 e. The number of rotatable bonds is 15. The number of halogens is 6. The van der Waals surface area contributed by atoms with Gasteiger partial charge in [-0.3, -0.25) is 0 Å². The maximum atomic E-state index is 14.7. The van der Waals surface area contributed by atoms with Gasteiger partial charge in [0.2, 0.25) is 0 Å². The third-order valence-corrected chi connectivity index (χ3v) is 10.2. The van der Waals surface area contributed by atoms with Gasteiger partial charge in [0.05, 0.1) is 46.2 Å². The molecule has 1 aliphatic rings. The highest BCUT2D eigenvalue weighted by molar-refractivity contribution is 5.79. The first kappa shape index (κ1) is 44.2. The van der Waals surface area contributed by atoms with Crippen LogP contribution in [0, 0.1) is 34.9 Å². The molecule has 1 aliphatic heterocycles. The number of hydrogen-bond donors (Lipinski definition) is 3. The number of aromatic nitrogens is 4. The molecule has 0 saturated carbocycles. The van der Waals surface area contributed by atoms with Crippen LogP contribution in [0.3, 0.4) is 0 Å². The summed E-state index contributed by atoms with van der Waals surface area (Å²) in [5.41, 5.74) is 1.24. The van der Waals surface area contributed by atoms with Crippen LogP contribution in [0.25, 0.3) is 22.9 Å². The fourth-order valence-electron chi connectivity index (χ4n) is 6.70. The van der Waals surface area contributed by atoms with Gasteiger partial charge in [0, 0.05) is 33.2 Å². The molecule has 1 fully saturated rings. The second-order valence-corrected chi connectivity index (χ2v) is 14.6. The lowest BCUT2D eigenvalue weighted by atomic mass is 10.1. The molecule has 7 aromatic rings. The predicted octanol–water partition coefficient (Wildman–Crippen LogP) is 11.2. The number of hydrogen-bond acceptors (Lipinski definition) is 12. The molecule has 1 unspecified atom stereocenters. The molecule has 0 bridgehead atoms. The van der Waals surface area contributed by atoms with Crippen molar-refractivity contribution in [2.75, 3.05) is 47.6 Å². The zero-order valence-corrected chi connectivity index (χ0v) is 34.6. The Morgan fingerprint density at radius 1 is 0.683 bits per heavy atom. The largest absolute Gasteiger partial charge is 0.469 e. The van der Waals surface area contributed by atoms with E-state index in [4.69, 9.17) is 18.0 Å². The Balaban J connectivity index is 0.000000189. The molecule has 8 rings (SSSR count). The van der Waals surface area contributed by atoms with Gasteiger partial charge in [-0.25, -0.2) is 26.3 Å². The molecule has 0 aliphatic carbocycles. The first-order valence-corrected chi connectivity index (χ1v) is 20.3.